The highest BCUT2D eigenvalue weighted by Gasteiger charge is 2.45. The zero-order valence-electron chi connectivity index (χ0n) is 12.6. The molecule has 5 heteroatoms. The van der Waals surface area contributed by atoms with Crippen molar-refractivity contribution in [2.45, 2.75) is 43.8 Å². The van der Waals surface area contributed by atoms with Gasteiger partial charge in [0.25, 0.3) is 0 Å². The van der Waals surface area contributed by atoms with E-state index in [0.29, 0.717) is 12.0 Å². The summed E-state index contributed by atoms with van der Waals surface area (Å²) in [4.78, 5) is 0. The summed E-state index contributed by atoms with van der Waals surface area (Å²) < 4.78 is 16.6. The van der Waals surface area contributed by atoms with Crippen molar-refractivity contribution in [2.24, 2.45) is 0 Å². The molecule has 0 aliphatic carbocycles. The van der Waals surface area contributed by atoms with Gasteiger partial charge in [-0.3, -0.25) is 0 Å². The smallest absolute Gasteiger partial charge is 0.231 e. The normalized spacial score (nSPS) is 26.1. The van der Waals surface area contributed by atoms with Gasteiger partial charge in [-0.1, -0.05) is 41.5 Å². The Morgan fingerprint density at radius 3 is 2.60 bits per heavy atom. The van der Waals surface area contributed by atoms with Crippen LogP contribution >= 0.6 is 21.6 Å². The first-order chi connectivity index (χ1) is 9.62. The summed E-state index contributed by atoms with van der Waals surface area (Å²) in [5.74, 6) is 1.68. The number of ether oxygens (including phenoxy) is 3. The Hall–Kier alpha value is -0.520. The van der Waals surface area contributed by atoms with Gasteiger partial charge in [0.2, 0.25) is 6.79 Å². The van der Waals surface area contributed by atoms with Crippen LogP contribution in [0.3, 0.4) is 0 Å². The molecule has 0 aromatic heterocycles. The average molecular weight is 314 g/mol. The Balaban J connectivity index is 0.000000704. The van der Waals surface area contributed by atoms with E-state index < -0.39 is 0 Å². The molecule has 1 aromatic rings. The molecule has 2 aliphatic heterocycles. The summed E-state index contributed by atoms with van der Waals surface area (Å²) in [6.45, 7) is 8.78. The first-order valence-electron chi connectivity index (χ1n) is 6.88. The van der Waals surface area contributed by atoms with Crippen molar-refractivity contribution in [3.05, 3.63) is 23.8 Å². The van der Waals surface area contributed by atoms with Crippen LogP contribution in [0, 0.1) is 0 Å². The summed E-state index contributed by atoms with van der Waals surface area (Å²) in [5, 5.41) is 0.337. The van der Waals surface area contributed by atoms with E-state index in [-0.39, 0.29) is 10.9 Å². The van der Waals surface area contributed by atoms with Crippen LogP contribution in [0.5, 0.6) is 11.5 Å². The lowest BCUT2D eigenvalue weighted by Crippen LogP contribution is -2.33. The van der Waals surface area contributed by atoms with Gasteiger partial charge in [-0.2, -0.15) is 0 Å². The third kappa shape index (κ3) is 2.90. The van der Waals surface area contributed by atoms with Crippen molar-refractivity contribution in [3.8, 4) is 11.5 Å². The van der Waals surface area contributed by atoms with E-state index in [2.05, 4.69) is 26.0 Å². The van der Waals surface area contributed by atoms with E-state index in [9.17, 15) is 0 Å². The van der Waals surface area contributed by atoms with Gasteiger partial charge in [-0.05, 0) is 31.5 Å². The number of hydrogen-bond donors (Lipinski definition) is 0. The van der Waals surface area contributed by atoms with Crippen LogP contribution in [0.15, 0.2) is 18.2 Å². The molecule has 0 saturated carbocycles. The summed E-state index contributed by atoms with van der Waals surface area (Å²) >= 11 is 0. The number of benzene rings is 1. The van der Waals surface area contributed by atoms with Crippen molar-refractivity contribution in [1.82, 2.24) is 0 Å². The molecule has 0 spiro atoms. The largest absolute Gasteiger partial charge is 0.454 e. The molecule has 0 bridgehead atoms. The van der Waals surface area contributed by atoms with Gasteiger partial charge in [0.1, 0.15) is 0 Å². The van der Waals surface area contributed by atoms with Gasteiger partial charge in [0, 0.05) is 11.9 Å². The molecular formula is C15H22O3S2. The lowest BCUT2D eigenvalue weighted by Gasteiger charge is -2.27. The summed E-state index contributed by atoms with van der Waals surface area (Å²) in [7, 11) is 5.55. The molecule has 1 aromatic carbocycles. The van der Waals surface area contributed by atoms with E-state index in [0.717, 1.165) is 11.5 Å². The van der Waals surface area contributed by atoms with Crippen molar-refractivity contribution in [2.75, 3.05) is 13.9 Å². The van der Waals surface area contributed by atoms with Crippen LogP contribution in [0.1, 0.15) is 38.5 Å². The standard InChI is InChI=1S/C13H16O3S2.C2H6/c1-13(2)12(14-3)11(17-18-13)8-4-5-9-10(6-8)16-7-15-9;1-2/h4-6,11-12H,7H2,1-3H3;1-2H3. The highest BCUT2D eigenvalue weighted by Crippen LogP contribution is 2.59. The Labute approximate surface area is 129 Å². The SMILES string of the molecule is CC.COC1C(c2ccc3c(c2)OCO3)SSC1(C)C. The van der Waals surface area contributed by atoms with E-state index in [1.807, 2.05) is 41.5 Å². The third-order valence-electron chi connectivity index (χ3n) is 3.31. The summed E-state index contributed by atoms with van der Waals surface area (Å²) in [6.07, 6.45) is 0.202. The quantitative estimate of drug-likeness (QED) is 0.740. The maximum atomic E-state index is 5.70. The molecule has 2 aliphatic rings. The molecule has 20 heavy (non-hydrogen) atoms. The third-order valence-corrected chi connectivity index (χ3v) is 6.99. The lowest BCUT2D eigenvalue weighted by molar-refractivity contribution is 0.0791. The van der Waals surface area contributed by atoms with Crippen LogP contribution < -0.4 is 9.47 Å². The lowest BCUT2D eigenvalue weighted by atomic mass is 9.97. The number of fused-ring (bicyclic) bond motifs is 1. The number of hydrogen-bond acceptors (Lipinski definition) is 5. The molecule has 2 unspecified atom stereocenters. The maximum Gasteiger partial charge on any atom is 0.231 e. The Morgan fingerprint density at radius 2 is 1.90 bits per heavy atom. The Morgan fingerprint density at radius 1 is 1.20 bits per heavy atom. The van der Waals surface area contributed by atoms with E-state index >= 15 is 0 Å². The molecule has 0 N–H and O–H groups in total. The number of methoxy groups -OCH3 is 1. The Kier molecular flexibility index (Phi) is 5.15. The van der Waals surface area contributed by atoms with Gasteiger partial charge in [0.05, 0.1) is 11.4 Å². The second kappa shape index (κ2) is 6.50. The first-order valence-corrected chi connectivity index (χ1v) is 9.10. The second-order valence-electron chi connectivity index (χ2n) is 4.97. The highest BCUT2D eigenvalue weighted by atomic mass is 33.1. The summed E-state index contributed by atoms with van der Waals surface area (Å²) in [5.41, 5.74) is 1.24. The van der Waals surface area contributed by atoms with Gasteiger partial charge < -0.3 is 14.2 Å². The van der Waals surface area contributed by atoms with Gasteiger partial charge in [0.15, 0.2) is 11.5 Å². The molecular weight excluding hydrogens is 292 g/mol. The molecule has 1 fully saturated rings. The fourth-order valence-corrected chi connectivity index (χ4v) is 5.92. The predicted molar refractivity (Wildman–Crippen MR) is 86.7 cm³/mol. The molecule has 1 saturated heterocycles. The van der Waals surface area contributed by atoms with Gasteiger partial charge >= 0.3 is 0 Å². The van der Waals surface area contributed by atoms with Crippen LogP contribution in [0.4, 0.5) is 0 Å². The van der Waals surface area contributed by atoms with Gasteiger partial charge in [-0.15, -0.1) is 0 Å². The topological polar surface area (TPSA) is 27.7 Å². The van der Waals surface area contributed by atoms with Crippen molar-refractivity contribution in [1.29, 1.82) is 0 Å². The molecule has 2 heterocycles. The van der Waals surface area contributed by atoms with Gasteiger partial charge in [-0.25, -0.2) is 0 Å². The van der Waals surface area contributed by atoms with Crippen LogP contribution in [-0.4, -0.2) is 24.8 Å². The predicted octanol–water partition coefficient (Wildman–Crippen LogP) is 4.67. The minimum absolute atomic E-state index is 0.125. The highest BCUT2D eigenvalue weighted by molar-refractivity contribution is 8.77. The minimum atomic E-state index is 0.125. The zero-order chi connectivity index (χ0) is 14.8. The van der Waals surface area contributed by atoms with E-state index in [1.165, 1.54) is 5.56 Å². The van der Waals surface area contributed by atoms with Crippen LogP contribution in [-0.2, 0) is 4.74 Å². The molecule has 2 atom stereocenters. The molecule has 0 radical (unpaired) electrons. The maximum absolute atomic E-state index is 5.70. The molecule has 112 valence electrons. The summed E-state index contributed by atoms with van der Waals surface area (Å²) in [6, 6.07) is 6.17. The fraction of sp³-hybridized carbons (Fsp3) is 0.600. The minimum Gasteiger partial charge on any atom is -0.454 e. The van der Waals surface area contributed by atoms with Crippen molar-refractivity contribution < 1.29 is 14.2 Å². The van der Waals surface area contributed by atoms with Crippen molar-refractivity contribution >= 4 is 21.6 Å². The number of rotatable bonds is 2. The Bertz CT molecular complexity index is 462. The van der Waals surface area contributed by atoms with E-state index in [1.54, 1.807) is 7.11 Å². The van der Waals surface area contributed by atoms with E-state index in [4.69, 9.17) is 14.2 Å². The molecule has 0 amide bonds. The van der Waals surface area contributed by atoms with Crippen LogP contribution in [0.2, 0.25) is 0 Å². The monoisotopic (exact) mass is 314 g/mol. The first kappa shape index (κ1) is 15.9. The zero-order valence-corrected chi connectivity index (χ0v) is 14.3. The molecule has 3 nitrogen and oxygen atoms in total. The average Bonchev–Trinajstić information content (AvgIpc) is 3.03. The van der Waals surface area contributed by atoms with Crippen LogP contribution in [0.25, 0.3) is 0 Å². The second-order valence-corrected chi connectivity index (χ2v) is 7.97. The van der Waals surface area contributed by atoms with Crippen molar-refractivity contribution in [3.63, 3.8) is 0 Å². The fourth-order valence-electron chi connectivity index (χ4n) is 2.37. The molecule has 3 rings (SSSR count).